The van der Waals surface area contributed by atoms with Crippen LogP contribution in [0, 0.1) is 0 Å². The van der Waals surface area contributed by atoms with Gasteiger partial charge < -0.3 is 10.6 Å². The van der Waals surface area contributed by atoms with E-state index >= 15 is 0 Å². The second-order valence-electron chi connectivity index (χ2n) is 5.05. The summed E-state index contributed by atoms with van der Waals surface area (Å²) in [4.78, 5) is 14.3. The number of para-hydroxylation sites is 1. The van der Waals surface area contributed by atoms with E-state index in [1.807, 2.05) is 35.8 Å². The molecule has 2 N–H and O–H groups in total. The highest BCUT2D eigenvalue weighted by Crippen LogP contribution is 2.32. The number of nitrogens with two attached hydrogens (primary N) is 1. The van der Waals surface area contributed by atoms with E-state index in [0.717, 1.165) is 18.6 Å². The van der Waals surface area contributed by atoms with Crippen molar-refractivity contribution in [1.29, 1.82) is 0 Å². The lowest BCUT2D eigenvalue weighted by Gasteiger charge is -2.25. The first kappa shape index (κ1) is 17.2. The molecule has 3 nitrogen and oxygen atoms in total. The van der Waals surface area contributed by atoms with Gasteiger partial charge in [0.15, 0.2) is 0 Å². The summed E-state index contributed by atoms with van der Waals surface area (Å²) in [6, 6.07) is 7.67. The Hall–Kier alpha value is -0.870. The van der Waals surface area contributed by atoms with E-state index in [0.29, 0.717) is 22.5 Å². The van der Waals surface area contributed by atoms with Gasteiger partial charge in [-0.3, -0.25) is 4.79 Å². The molecule has 0 heterocycles. The van der Waals surface area contributed by atoms with E-state index in [4.69, 9.17) is 5.73 Å². The Balaban J connectivity index is 0.00000200. The Morgan fingerprint density at radius 1 is 1.40 bits per heavy atom. The van der Waals surface area contributed by atoms with E-state index in [9.17, 15) is 4.79 Å². The molecule has 2 atom stereocenters. The fraction of sp³-hybridized carbons (Fsp3) is 0.533. The summed E-state index contributed by atoms with van der Waals surface area (Å²) in [7, 11) is 1.90. The van der Waals surface area contributed by atoms with Gasteiger partial charge >= 0.3 is 0 Å². The van der Waals surface area contributed by atoms with Crippen LogP contribution in [-0.4, -0.2) is 34.9 Å². The van der Waals surface area contributed by atoms with Crippen molar-refractivity contribution in [2.24, 2.45) is 0 Å². The molecule has 112 valence electrons. The Morgan fingerprint density at radius 2 is 2.10 bits per heavy atom. The highest BCUT2D eigenvalue weighted by Gasteiger charge is 2.30. The molecular weight excluding hydrogens is 292 g/mol. The number of carbonyl (C=O) groups excluding carboxylic acids is 1. The van der Waals surface area contributed by atoms with E-state index in [2.05, 4.69) is 6.92 Å². The van der Waals surface area contributed by atoms with Crippen LogP contribution in [-0.2, 0) is 0 Å². The first-order valence-corrected chi connectivity index (χ1v) is 7.91. The molecular formula is C15H23ClN2OS. The maximum absolute atomic E-state index is 12.5. The smallest absolute Gasteiger partial charge is 0.255 e. The van der Waals surface area contributed by atoms with E-state index in [-0.39, 0.29) is 18.3 Å². The standard InChI is InChI=1S/C15H22N2OS.ClH/c1-3-19-12-9-8-11(10-12)17(2)15(18)13-6-4-5-7-14(13)16;/h4-7,11-12H,3,8-10,16H2,1-2H3;1H. The van der Waals surface area contributed by atoms with Crippen molar-refractivity contribution < 1.29 is 4.79 Å². The minimum atomic E-state index is 0. The van der Waals surface area contributed by atoms with Crippen LogP contribution < -0.4 is 5.73 Å². The van der Waals surface area contributed by atoms with Gasteiger partial charge in [0.25, 0.3) is 5.91 Å². The van der Waals surface area contributed by atoms with Crippen molar-refractivity contribution in [1.82, 2.24) is 4.90 Å². The highest BCUT2D eigenvalue weighted by atomic mass is 35.5. The number of nitrogen functional groups attached to an aromatic ring is 1. The van der Waals surface area contributed by atoms with Crippen LogP contribution in [0.1, 0.15) is 36.5 Å². The minimum Gasteiger partial charge on any atom is -0.398 e. The van der Waals surface area contributed by atoms with E-state index in [1.54, 1.807) is 12.1 Å². The predicted octanol–water partition coefficient (Wildman–Crippen LogP) is 3.44. The summed E-state index contributed by atoms with van der Waals surface area (Å²) in [5, 5.41) is 0.707. The number of thioether (sulfide) groups is 1. The Morgan fingerprint density at radius 3 is 2.75 bits per heavy atom. The molecule has 1 aromatic carbocycles. The third-order valence-corrected chi connectivity index (χ3v) is 5.05. The van der Waals surface area contributed by atoms with Gasteiger partial charge in [0, 0.05) is 24.0 Å². The number of halogens is 1. The van der Waals surface area contributed by atoms with E-state index < -0.39 is 0 Å². The van der Waals surface area contributed by atoms with Crippen molar-refractivity contribution in [2.75, 3.05) is 18.5 Å². The monoisotopic (exact) mass is 314 g/mol. The zero-order valence-electron chi connectivity index (χ0n) is 12.0. The molecule has 1 saturated carbocycles. The molecule has 2 rings (SSSR count). The Kier molecular flexibility index (Phi) is 6.69. The third kappa shape index (κ3) is 3.83. The number of anilines is 1. The second kappa shape index (κ2) is 7.79. The Labute approximate surface area is 131 Å². The van der Waals surface area contributed by atoms with Crippen molar-refractivity contribution in [3.05, 3.63) is 29.8 Å². The normalized spacial score (nSPS) is 21.3. The molecule has 5 heteroatoms. The molecule has 0 saturated heterocycles. The second-order valence-corrected chi connectivity index (χ2v) is 6.62. The quantitative estimate of drug-likeness (QED) is 0.866. The number of benzene rings is 1. The van der Waals surface area contributed by atoms with Gasteiger partial charge in [0.05, 0.1) is 5.56 Å². The highest BCUT2D eigenvalue weighted by molar-refractivity contribution is 7.99. The lowest BCUT2D eigenvalue weighted by molar-refractivity contribution is 0.0736. The summed E-state index contributed by atoms with van der Waals surface area (Å²) in [5.41, 5.74) is 7.07. The van der Waals surface area contributed by atoms with Gasteiger partial charge in [0.2, 0.25) is 0 Å². The number of hydrogen-bond donors (Lipinski definition) is 1. The van der Waals surface area contributed by atoms with Crippen molar-refractivity contribution in [2.45, 2.75) is 37.5 Å². The number of nitrogens with zero attached hydrogens (tertiary/aromatic N) is 1. The van der Waals surface area contributed by atoms with Crippen molar-refractivity contribution >= 4 is 35.8 Å². The molecule has 2 unspecified atom stereocenters. The zero-order valence-corrected chi connectivity index (χ0v) is 13.7. The molecule has 0 radical (unpaired) electrons. The molecule has 1 fully saturated rings. The summed E-state index contributed by atoms with van der Waals surface area (Å²) >= 11 is 2.01. The molecule has 0 aliphatic heterocycles. The molecule has 1 aliphatic rings. The molecule has 0 aromatic heterocycles. The van der Waals surface area contributed by atoms with Crippen LogP contribution in [0.5, 0.6) is 0 Å². The molecule has 0 spiro atoms. The minimum absolute atomic E-state index is 0. The molecule has 1 aromatic rings. The maximum Gasteiger partial charge on any atom is 0.255 e. The zero-order chi connectivity index (χ0) is 13.8. The lowest BCUT2D eigenvalue weighted by atomic mass is 10.1. The summed E-state index contributed by atoms with van der Waals surface area (Å²) in [5.74, 6) is 1.20. The topological polar surface area (TPSA) is 46.3 Å². The van der Waals surface area contributed by atoms with Crippen LogP contribution in [0.25, 0.3) is 0 Å². The van der Waals surface area contributed by atoms with Crippen molar-refractivity contribution in [3.8, 4) is 0 Å². The number of carbonyl (C=O) groups is 1. The first-order chi connectivity index (χ1) is 9.13. The molecule has 20 heavy (non-hydrogen) atoms. The fourth-order valence-electron chi connectivity index (χ4n) is 2.70. The van der Waals surface area contributed by atoms with Crippen LogP contribution in [0.15, 0.2) is 24.3 Å². The fourth-order valence-corrected chi connectivity index (χ4v) is 3.84. The van der Waals surface area contributed by atoms with Crippen LogP contribution in [0.3, 0.4) is 0 Å². The SMILES string of the molecule is CCSC1CCC(N(C)C(=O)c2ccccc2N)C1.Cl. The van der Waals surface area contributed by atoms with Gasteiger partial charge in [-0.1, -0.05) is 19.1 Å². The van der Waals surface area contributed by atoms with Gasteiger partial charge in [0.1, 0.15) is 0 Å². The van der Waals surface area contributed by atoms with Crippen LogP contribution >= 0.6 is 24.2 Å². The average molecular weight is 315 g/mol. The molecule has 1 amide bonds. The lowest BCUT2D eigenvalue weighted by Crippen LogP contribution is -2.36. The summed E-state index contributed by atoms with van der Waals surface area (Å²) in [6.07, 6.45) is 3.42. The summed E-state index contributed by atoms with van der Waals surface area (Å²) in [6.45, 7) is 2.19. The van der Waals surface area contributed by atoms with Crippen molar-refractivity contribution in [3.63, 3.8) is 0 Å². The first-order valence-electron chi connectivity index (χ1n) is 6.86. The number of hydrogen-bond acceptors (Lipinski definition) is 3. The Bertz CT molecular complexity index is 455. The van der Waals surface area contributed by atoms with Gasteiger partial charge in [-0.25, -0.2) is 0 Å². The average Bonchev–Trinajstić information content (AvgIpc) is 2.87. The van der Waals surface area contributed by atoms with Crippen LogP contribution in [0.4, 0.5) is 5.69 Å². The molecule has 0 bridgehead atoms. The third-order valence-electron chi connectivity index (χ3n) is 3.82. The maximum atomic E-state index is 12.5. The number of amides is 1. The van der Waals surface area contributed by atoms with Gasteiger partial charge in [-0.15, -0.1) is 12.4 Å². The summed E-state index contributed by atoms with van der Waals surface area (Å²) < 4.78 is 0. The van der Waals surface area contributed by atoms with Gasteiger partial charge in [-0.2, -0.15) is 11.8 Å². The predicted molar refractivity (Wildman–Crippen MR) is 89.8 cm³/mol. The van der Waals surface area contributed by atoms with Gasteiger partial charge in [-0.05, 0) is 37.1 Å². The van der Waals surface area contributed by atoms with E-state index in [1.165, 1.54) is 6.42 Å². The largest absolute Gasteiger partial charge is 0.398 e. The number of rotatable bonds is 4. The molecule has 1 aliphatic carbocycles. The van der Waals surface area contributed by atoms with Crippen LogP contribution in [0.2, 0.25) is 0 Å².